The fourth-order valence-corrected chi connectivity index (χ4v) is 12.5. The maximum Gasteiger partial charge on any atom is 0.211 e. The van der Waals surface area contributed by atoms with Crippen LogP contribution in [0.25, 0.3) is 43.5 Å². The molecule has 7 aromatic carbocycles. The van der Waals surface area contributed by atoms with Crippen LogP contribution < -0.4 is 20.7 Å². The van der Waals surface area contributed by atoms with E-state index in [2.05, 4.69) is 167 Å². The van der Waals surface area contributed by atoms with Crippen molar-refractivity contribution in [2.24, 2.45) is 0 Å². The number of nitrogens with zero attached hydrogens (tertiary/aromatic N) is 3. The first-order chi connectivity index (χ1) is 23.8. The quantitative estimate of drug-likeness (QED) is 0.104. The number of rotatable bonds is 6. The molecule has 0 radical (unpaired) electrons. The van der Waals surface area contributed by atoms with Crippen LogP contribution in [0.5, 0.6) is 0 Å². The Labute approximate surface area is 281 Å². The van der Waals surface area contributed by atoms with E-state index < -0.39 is 8.07 Å². The van der Waals surface area contributed by atoms with Crippen molar-refractivity contribution in [1.82, 2.24) is 4.57 Å². The van der Waals surface area contributed by atoms with E-state index in [-0.39, 0.29) is 0 Å². The monoisotopic (exact) mass is 627 g/mol. The van der Waals surface area contributed by atoms with Crippen LogP contribution in [0.4, 0.5) is 5.69 Å². The number of aromatic nitrogens is 1. The van der Waals surface area contributed by atoms with Gasteiger partial charge in [0.25, 0.3) is 0 Å². The summed E-state index contributed by atoms with van der Waals surface area (Å²) in [5.74, 6) is 0. The molecule has 8 rings (SSSR count). The predicted molar refractivity (Wildman–Crippen MR) is 201 cm³/mol. The predicted octanol–water partition coefficient (Wildman–Crippen LogP) is 8.25. The van der Waals surface area contributed by atoms with Gasteiger partial charge >= 0.3 is 0 Å². The second-order valence-electron chi connectivity index (χ2n) is 11.8. The number of hydrogen-bond acceptors (Lipinski definition) is 1. The van der Waals surface area contributed by atoms with Crippen molar-refractivity contribution in [3.63, 3.8) is 0 Å². The van der Waals surface area contributed by atoms with Crippen molar-refractivity contribution in [2.45, 2.75) is 0 Å². The maximum atomic E-state index is 10.8. The van der Waals surface area contributed by atoms with Gasteiger partial charge in [0.05, 0.1) is 34.9 Å². The van der Waals surface area contributed by atoms with Crippen LogP contribution in [0.15, 0.2) is 176 Å². The largest absolute Gasteiger partial charge is 0.318 e. The molecule has 0 unspecified atom stereocenters. The van der Waals surface area contributed by atoms with Crippen LogP contribution in [-0.4, -0.2) is 12.6 Å². The molecule has 0 saturated carbocycles. The molecule has 0 atom stereocenters. The summed E-state index contributed by atoms with van der Waals surface area (Å²) in [6.45, 7) is 8.41. The zero-order valence-electron chi connectivity index (χ0n) is 26.1. The molecule has 0 aliphatic carbocycles. The van der Waals surface area contributed by atoms with Gasteiger partial charge in [-0.2, -0.15) is 5.26 Å². The highest BCUT2D eigenvalue weighted by Crippen LogP contribution is 2.42. The van der Waals surface area contributed by atoms with Crippen molar-refractivity contribution in [3.05, 3.63) is 193 Å². The van der Waals surface area contributed by atoms with E-state index >= 15 is 0 Å². The normalized spacial score (nSPS) is 11.3. The Morgan fingerprint density at radius 3 is 1.48 bits per heavy atom. The van der Waals surface area contributed by atoms with Gasteiger partial charge in [0.1, 0.15) is 0 Å². The molecule has 0 bridgehead atoms. The number of benzene rings is 7. The average Bonchev–Trinajstić information content (AvgIpc) is 3.50. The van der Waals surface area contributed by atoms with Crippen molar-refractivity contribution >= 4 is 56.3 Å². The zero-order chi connectivity index (χ0) is 32.5. The Morgan fingerprint density at radius 1 is 0.521 bits per heavy atom. The highest BCUT2D eigenvalue weighted by molar-refractivity contribution is 7.20. The fraction of sp³-hybridized carbons (Fsp3) is 0. The van der Waals surface area contributed by atoms with Crippen LogP contribution in [0, 0.1) is 17.9 Å². The summed E-state index contributed by atoms with van der Waals surface area (Å²) in [5.41, 5.74) is 5.48. The van der Waals surface area contributed by atoms with Crippen LogP contribution in [-0.2, 0) is 0 Å². The van der Waals surface area contributed by atoms with Crippen LogP contribution >= 0.6 is 0 Å². The number of fused-ring (bicyclic) bond motifs is 3. The lowest BCUT2D eigenvalue weighted by Crippen LogP contribution is -2.75. The molecule has 1 heterocycles. The maximum absolute atomic E-state index is 10.8. The Hall–Kier alpha value is -6.46. The van der Waals surface area contributed by atoms with Gasteiger partial charge in [-0.05, 0) is 38.4 Å². The summed E-state index contributed by atoms with van der Waals surface area (Å²) in [6.07, 6.45) is 0. The molecule has 48 heavy (non-hydrogen) atoms. The lowest BCUT2D eigenvalue weighted by Gasteiger charge is -2.36. The van der Waals surface area contributed by atoms with E-state index in [0.29, 0.717) is 11.3 Å². The second-order valence-corrected chi connectivity index (χ2v) is 15.6. The SMILES string of the molecule is [C-]#[N+]c1ccc(C#N)c(-c2ccccc2[Si](c2ccccc2)(c2ccccc2)c2ccccc2)c1-n1c2ccccc2c2ccccc21. The van der Waals surface area contributed by atoms with E-state index in [1.807, 2.05) is 18.2 Å². The van der Waals surface area contributed by atoms with E-state index in [4.69, 9.17) is 6.57 Å². The van der Waals surface area contributed by atoms with E-state index in [1.165, 1.54) is 15.6 Å². The van der Waals surface area contributed by atoms with Crippen molar-refractivity contribution in [1.29, 1.82) is 5.26 Å². The summed E-state index contributed by atoms with van der Waals surface area (Å²) in [7, 11) is -3.00. The van der Waals surface area contributed by atoms with Gasteiger partial charge < -0.3 is 4.57 Å². The van der Waals surface area contributed by atoms with E-state index in [0.717, 1.165) is 43.8 Å². The van der Waals surface area contributed by atoms with Gasteiger partial charge in [-0.1, -0.05) is 164 Å². The molecular formula is C44H29N3Si. The summed E-state index contributed by atoms with van der Waals surface area (Å²) in [5, 5.41) is 17.9. The lowest BCUT2D eigenvalue weighted by molar-refractivity contribution is 1.19. The number of nitriles is 1. The molecule has 0 amide bonds. The Morgan fingerprint density at radius 2 is 0.979 bits per heavy atom. The number of hydrogen-bond donors (Lipinski definition) is 0. The van der Waals surface area contributed by atoms with Gasteiger partial charge in [-0.3, -0.25) is 0 Å². The number of para-hydroxylation sites is 2. The van der Waals surface area contributed by atoms with E-state index in [9.17, 15) is 5.26 Å². The van der Waals surface area contributed by atoms with Gasteiger partial charge in [0.2, 0.25) is 5.69 Å². The second kappa shape index (κ2) is 12.0. The topological polar surface area (TPSA) is 33.1 Å². The third-order valence-corrected chi connectivity index (χ3v) is 14.3. The van der Waals surface area contributed by atoms with Crippen molar-refractivity contribution in [2.75, 3.05) is 0 Å². The molecule has 4 heteroatoms. The fourth-order valence-electron chi connectivity index (χ4n) is 7.49. The standard InChI is InChI=1S/C44H29N3Si/c1-46-39-30-29-32(31-45)43(44(39)47-40-26-14-11-23-36(40)37-24-12-15-27-41(37)47)38-25-13-16-28-42(38)48(33-17-5-2-6-18-33,34-19-7-3-8-20-34)35-21-9-4-10-22-35/h2-30H. The summed E-state index contributed by atoms with van der Waals surface area (Å²) >= 11 is 0. The highest BCUT2D eigenvalue weighted by Gasteiger charge is 2.43. The van der Waals surface area contributed by atoms with Gasteiger partial charge in [-0.15, -0.1) is 0 Å². The molecule has 3 nitrogen and oxygen atoms in total. The van der Waals surface area contributed by atoms with Crippen molar-refractivity contribution in [3.8, 4) is 22.9 Å². The third kappa shape index (κ3) is 4.40. The summed E-state index contributed by atoms with van der Waals surface area (Å²) in [6, 6.07) is 63.8. The Balaban J connectivity index is 1.58. The van der Waals surface area contributed by atoms with Crippen molar-refractivity contribution < 1.29 is 0 Å². The minimum atomic E-state index is -3.00. The zero-order valence-corrected chi connectivity index (χ0v) is 27.1. The average molecular weight is 628 g/mol. The lowest BCUT2D eigenvalue weighted by atomic mass is 9.96. The third-order valence-electron chi connectivity index (χ3n) is 9.42. The van der Waals surface area contributed by atoms with Crippen LogP contribution in [0.3, 0.4) is 0 Å². The first-order valence-electron chi connectivity index (χ1n) is 16.0. The van der Waals surface area contributed by atoms with E-state index in [1.54, 1.807) is 6.07 Å². The van der Waals surface area contributed by atoms with Gasteiger partial charge in [-0.25, -0.2) is 4.85 Å². The molecular weight excluding hydrogens is 599 g/mol. The molecule has 0 spiro atoms. The minimum Gasteiger partial charge on any atom is -0.318 e. The minimum absolute atomic E-state index is 0.497. The van der Waals surface area contributed by atoms with Gasteiger partial charge in [0, 0.05) is 16.3 Å². The molecule has 0 N–H and O–H groups in total. The Bertz CT molecular complexity index is 2370. The molecule has 224 valence electrons. The summed E-state index contributed by atoms with van der Waals surface area (Å²) in [4.78, 5) is 4.10. The van der Waals surface area contributed by atoms with Crippen LogP contribution in [0.1, 0.15) is 5.56 Å². The first-order valence-corrected chi connectivity index (χ1v) is 18.0. The summed E-state index contributed by atoms with van der Waals surface area (Å²) < 4.78 is 2.20. The molecule has 0 aliphatic rings. The molecule has 1 aromatic heterocycles. The Kier molecular flexibility index (Phi) is 7.27. The molecule has 8 aromatic rings. The van der Waals surface area contributed by atoms with Crippen LogP contribution in [0.2, 0.25) is 0 Å². The smallest absolute Gasteiger partial charge is 0.211 e. The molecule has 0 aliphatic heterocycles. The highest BCUT2D eigenvalue weighted by atomic mass is 28.3. The molecule has 0 saturated heterocycles. The first kappa shape index (κ1) is 29.0. The molecule has 0 fully saturated rings. The van der Waals surface area contributed by atoms with Gasteiger partial charge in [0.15, 0.2) is 8.07 Å².